The van der Waals surface area contributed by atoms with E-state index in [9.17, 15) is 14.4 Å². The van der Waals surface area contributed by atoms with Gasteiger partial charge in [0.1, 0.15) is 30.7 Å². The van der Waals surface area contributed by atoms with E-state index in [-0.39, 0.29) is 42.6 Å². The number of hydrogen-bond donors (Lipinski definition) is 2. The summed E-state index contributed by atoms with van der Waals surface area (Å²) in [6.07, 6.45) is 7.22. The first kappa shape index (κ1) is 39.3. The molecule has 2 aliphatic rings. The fourth-order valence-corrected chi connectivity index (χ4v) is 7.87. The van der Waals surface area contributed by atoms with Crippen LogP contribution in [0.3, 0.4) is 0 Å². The van der Waals surface area contributed by atoms with Crippen LogP contribution in [0.15, 0.2) is 77.7 Å². The van der Waals surface area contributed by atoms with Crippen molar-refractivity contribution in [2.45, 2.75) is 64.5 Å². The Morgan fingerprint density at radius 1 is 1.02 bits per heavy atom. The first-order valence-corrected chi connectivity index (χ1v) is 20.0. The molecule has 15 nitrogen and oxygen atoms in total. The van der Waals surface area contributed by atoms with Gasteiger partial charge in [-0.3, -0.25) is 24.5 Å². The molecule has 6 heterocycles. The van der Waals surface area contributed by atoms with Crippen LogP contribution in [0.2, 0.25) is 0 Å². The molecule has 0 aliphatic carbocycles. The predicted octanol–water partition coefficient (Wildman–Crippen LogP) is 6.45. The number of halogens is 2. The average molecular weight is 827 g/mol. The second-order valence-corrected chi connectivity index (χ2v) is 16.5. The summed E-state index contributed by atoms with van der Waals surface area (Å²) in [4.78, 5) is 46.9. The maximum atomic E-state index is 15.8. The summed E-state index contributed by atoms with van der Waals surface area (Å²) < 4.78 is 42.0. The van der Waals surface area contributed by atoms with Crippen molar-refractivity contribution in [2.75, 3.05) is 18.0 Å². The van der Waals surface area contributed by atoms with Crippen molar-refractivity contribution in [3.05, 3.63) is 113 Å². The molecule has 17 heteroatoms. The van der Waals surface area contributed by atoms with Crippen LogP contribution in [0.4, 0.5) is 19.4 Å². The van der Waals surface area contributed by atoms with E-state index in [1.54, 1.807) is 45.7 Å². The Balaban J connectivity index is 0.855. The van der Waals surface area contributed by atoms with Crippen LogP contribution in [0.1, 0.15) is 79.2 Å². The first-order chi connectivity index (χ1) is 29.3. The molecule has 2 N–H and O–H groups in total. The standard InChI is InChI=1S/C44H41F2N11O4/c1-44(2,3)42-51-39(53-61-42)41(59)47-21-29-7-6-28(18-33(29)45)38-36-20-30(23-57(36)49-24-48-38)31-9-5-25(17-34(31)46)22-55-14-11-26(12-15-55)27-8-10-32-35(19-27)54(4)52-40(32)56-16-13-37(58)50-43(56)60/h5-10,14,17-20,23-24,26H,11-13,15-16,21-22H2,1-4H3,(H-,47,50,58,59,60)/p+1. The molecule has 0 bridgehead atoms. The first-order valence-electron chi connectivity index (χ1n) is 20.0. The van der Waals surface area contributed by atoms with Gasteiger partial charge in [0.2, 0.25) is 11.8 Å². The minimum Gasteiger partial charge on any atom is -0.345 e. The van der Waals surface area contributed by atoms with Gasteiger partial charge in [-0.2, -0.15) is 15.2 Å². The molecule has 2 aliphatic heterocycles. The molecule has 7 aromatic rings. The average Bonchev–Trinajstić information content (AvgIpc) is 3.99. The molecule has 1 unspecified atom stereocenters. The quantitative estimate of drug-likeness (QED) is 0.156. The van der Waals surface area contributed by atoms with Crippen LogP contribution in [0, 0.1) is 11.6 Å². The maximum Gasteiger partial charge on any atom is 0.329 e. The van der Waals surface area contributed by atoms with Crippen LogP contribution >= 0.6 is 0 Å². The molecule has 4 amide bonds. The van der Waals surface area contributed by atoms with Gasteiger partial charge in [-0.15, -0.1) is 0 Å². The molecule has 9 rings (SSSR count). The van der Waals surface area contributed by atoms with Crippen LogP contribution in [-0.4, -0.2) is 76.2 Å². The zero-order valence-electron chi connectivity index (χ0n) is 33.9. The third kappa shape index (κ3) is 7.74. The van der Waals surface area contributed by atoms with Gasteiger partial charge in [-0.05, 0) is 41.8 Å². The normalized spacial score (nSPS) is 16.0. The predicted molar refractivity (Wildman–Crippen MR) is 221 cm³/mol. The lowest BCUT2D eigenvalue weighted by molar-refractivity contribution is -0.545. The van der Waals surface area contributed by atoms with Crippen LogP contribution < -0.4 is 15.5 Å². The Kier molecular flexibility index (Phi) is 9.96. The van der Waals surface area contributed by atoms with E-state index in [1.165, 1.54) is 22.9 Å². The Hall–Kier alpha value is -7.17. The SMILES string of the molecule is Cn1nc(N2CCC(=O)NC2=O)c2ccc(C3CC=[N+](Cc4ccc(-c5cc6c(-c7ccc(CNC(=O)c8noc(C(C)(C)C)n8)c(F)c7)ncnn6c5)c(F)c4)CC3)cc21. The van der Waals surface area contributed by atoms with E-state index in [1.807, 2.05) is 40.0 Å². The van der Waals surface area contributed by atoms with Gasteiger partial charge in [-0.25, -0.2) is 27.7 Å². The highest BCUT2D eigenvalue weighted by atomic mass is 19.1. The number of carbonyl (C=O) groups excluding carboxylic acids is 3. The van der Waals surface area contributed by atoms with Crippen molar-refractivity contribution in [3.8, 4) is 22.4 Å². The van der Waals surface area contributed by atoms with E-state index < -0.39 is 23.2 Å². The fourth-order valence-electron chi connectivity index (χ4n) is 7.87. The number of aromatic nitrogens is 7. The third-order valence-corrected chi connectivity index (χ3v) is 11.2. The number of nitrogens with zero attached hydrogens (tertiary/aromatic N) is 9. The number of hydrogen-bond acceptors (Lipinski definition) is 9. The van der Waals surface area contributed by atoms with Crippen molar-refractivity contribution in [1.29, 1.82) is 0 Å². The van der Waals surface area contributed by atoms with Crippen molar-refractivity contribution in [1.82, 2.24) is 45.2 Å². The summed E-state index contributed by atoms with van der Waals surface area (Å²) in [6.45, 7) is 7.21. The number of fused-ring (bicyclic) bond motifs is 2. The van der Waals surface area contributed by atoms with Gasteiger partial charge in [0.15, 0.2) is 12.4 Å². The summed E-state index contributed by atoms with van der Waals surface area (Å²) in [5.41, 5.74) is 5.29. The maximum absolute atomic E-state index is 15.8. The number of nitrogens with one attached hydrogen (secondary N) is 2. The lowest BCUT2D eigenvalue weighted by Gasteiger charge is -2.24. The monoisotopic (exact) mass is 826 g/mol. The van der Waals surface area contributed by atoms with Gasteiger partial charge >= 0.3 is 6.03 Å². The van der Waals surface area contributed by atoms with E-state index >= 15 is 8.78 Å². The number of imide groups is 1. The summed E-state index contributed by atoms with van der Waals surface area (Å²) in [7, 11) is 1.85. The van der Waals surface area contributed by atoms with Crippen molar-refractivity contribution >= 4 is 46.3 Å². The summed E-state index contributed by atoms with van der Waals surface area (Å²) in [5.74, 6) is -0.760. The molecule has 3 aromatic carbocycles. The Bertz CT molecular complexity index is 2930. The summed E-state index contributed by atoms with van der Waals surface area (Å²) >= 11 is 0. The molecule has 1 fully saturated rings. The third-order valence-electron chi connectivity index (χ3n) is 11.2. The number of carbonyl (C=O) groups is 3. The highest BCUT2D eigenvalue weighted by Crippen LogP contribution is 2.34. The number of amides is 4. The molecule has 310 valence electrons. The summed E-state index contributed by atoms with van der Waals surface area (Å²) in [6, 6.07) is 17.4. The number of urea groups is 1. The number of anilines is 1. The molecule has 0 spiro atoms. The fraction of sp³-hybridized carbons (Fsp3) is 0.295. The number of benzene rings is 3. The van der Waals surface area contributed by atoms with Crippen molar-refractivity contribution in [3.63, 3.8) is 0 Å². The number of rotatable bonds is 9. The molecule has 1 saturated heterocycles. The lowest BCUT2D eigenvalue weighted by atomic mass is 9.90. The molecule has 61 heavy (non-hydrogen) atoms. The van der Waals surface area contributed by atoms with Crippen molar-refractivity contribution in [2.24, 2.45) is 7.05 Å². The highest BCUT2D eigenvalue weighted by Gasteiger charge is 2.29. The minimum atomic E-state index is -0.583. The van der Waals surface area contributed by atoms with E-state index in [0.29, 0.717) is 52.1 Å². The lowest BCUT2D eigenvalue weighted by Crippen LogP contribution is -2.49. The molecular weight excluding hydrogens is 785 g/mol. The van der Waals surface area contributed by atoms with Gasteiger partial charge in [-0.1, -0.05) is 56.3 Å². The molecule has 0 saturated carbocycles. The number of aryl methyl sites for hydroxylation is 1. The molecular formula is C44H42F2N11O4+. The van der Waals surface area contributed by atoms with Crippen LogP contribution in [0.25, 0.3) is 38.8 Å². The second kappa shape index (κ2) is 15.5. The summed E-state index contributed by atoms with van der Waals surface area (Å²) in [5, 5.41) is 18.5. The van der Waals surface area contributed by atoms with Gasteiger partial charge in [0.05, 0.1) is 16.7 Å². The molecule has 4 aromatic heterocycles. The zero-order valence-corrected chi connectivity index (χ0v) is 33.9. The Morgan fingerprint density at radius 2 is 1.87 bits per heavy atom. The van der Waals surface area contributed by atoms with Crippen molar-refractivity contribution < 1.29 is 32.3 Å². The Morgan fingerprint density at radius 3 is 2.61 bits per heavy atom. The topological polar surface area (TPSA) is 168 Å². The zero-order chi connectivity index (χ0) is 42.6. The molecule has 0 radical (unpaired) electrons. The van der Waals surface area contributed by atoms with E-state index in [4.69, 9.17) is 4.52 Å². The van der Waals surface area contributed by atoms with Gasteiger partial charge in [0, 0.05) is 84.2 Å². The Labute approximate surface area is 348 Å². The van der Waals surface area contributed by atoms with Crippen LogP contribution in [0.5, 0.6) is 0 Å². The van der Waals surface area contributed by atoms with Gasteiger partial charge in [0.25, 0.3) is 11.7 Å². The van der Waals surface area contributed by atoms with Crippen LogP contribution in [-0.2, 0) is 30.3 Å². The highest BCUT2D eigenvalue weighted by molar-refractivity contribution is 6.08. The largest absolute Gasteiger partial charge is 0.345 e. The molecule has 1 atom stereocenters. The smallest absolute Gasteiger partial charge is 0.329 e. The minimum absolute atomic E-state index is 0.0930. The second-order valence-electron chi connectivity index (χ2n) is 16.5. The van der Waals surface area contributed by atoms with E-state index in [0.717, 1.165) is 35.9 Å². The van der Waals surface area contributed by atoms with Gasteiger partial charge < -0.3 is 9.84 Å². The van der Waals surface area contributed by atoms with E-state index in [2.05, 4.69) is 58.9 Å².